The van der Waals surface area contributed by atoms with E-state index in [9.17, 15) is 18.4 Å². The highest BCUT2D eigenvalue weighted by Crippen LogP contribution is 2.40. The molecule has 2 aliphatic rings. The lowest BCUT2D eigenvalue weighted by atomic mass is 9.99. The molecule has 1 atom stereocenters. The van der Waals surface area contributed by atoms with Crippen molar-refractivity contribution in [1.29, 1.82) is 0 Å². The topological polar surface area (TPSA) is 89.3 Å². The molecule has 1 N–H and O–H groups in total. The Bertz CT molecular complexity index is 1640. The monoisotopic (exact) mass is 569 g/mol. The van der Waals surface area contributed by atoms with Crippen molar-refractivity contribution in [3.05, 3.63) is 65.5 Å². The van der Waals surface area contributed by atoms with E-state index in [0.717, 1.165) is 34.1 Å². The molecule has 4 aromatic rings. The first-order chi connectivity index (χ1) is 18.6. The van der Waals surface area contributed by atoms with Crippen LogP contribution in [0.15, 0.2) is 53.8 Å². The zero-order valence-electron chi connectivity index (χ0n) is 20.9. The number of alkyl halides is 3. The summed E-state index contributed by atoms with van der Waals surface area (Å²) in [5.41, 5.74) is 1.16. The van der Waals surface area contributed by atoms with Crippen LogP contribution in [0.5, 0.6) is 5.75 Å². The van der Waals surface area contributed by atoms with E-state index in [1.54, 1.807) is 42.0 Å². The minimum absolute atomic E-state index is 0.0944. The van der Waals surface area contributed by atoms with Crippen molar-refractivity contribution in [2.24, 2.45) is 0 Å². The number of amides is 2. The third-order valence-corrected chi connectivity index (χ3v) is 7.88. The Kier molecular flexibility index (Phi) is 6.22. The maximum atomic E-state index is 13.3. The number of rotatable bonds is 5. The molecule has 0 unspecified atom stereocenters. The van der Waals surface area contributed by atoms with Gasteiger partial charge in [0.2, 0.25) is 0 Å². The van der Waals surface area contributed by atoms with Gasteiger partial charge in [-0.05, 0) is 55.8 Å². The standard InChI is InChI=1S/C27H22ClF2N5O3S/c1-14-7-8-39-26-33-21-11-15(24(36)32-17-3-5-18(6-4-17)38-27(28,29)30)9-19(23(21)35(14)26)16-10-20-22(31-12-16)13-34(2)25(20)37/h3-6,9-12,14H,7-8,13H2,1-2H3,(H,32,36)/t14-/m1/s1. The first-order valence-corrected chi connectivity index (χ1v) is 13.5. The molecule has 2 aliphatic heterocycles. The number of ether oxygens (including phenoxy) is 1. The molecule has 2 aromatic carbocycles. The number of pyridine rings is 1. The molecular weight excluding hydrogens is 548 g/mol. The zero-order chi connectivity index (χ0) is 27.5. The molecule has 4 heterocycles. The van der Waals surface area contributed by atoms with Crippen molar-refractivity contribution in [2.45, 2.75) is 36.7 Å². The normalized spacial score (nSPS) is 16.8. The minimum Gasteiger partial charge on any atom is -0.420 e. The third kappa shape index (κ3) is 4.80. The molecule has 2 amide bonds. The summed E-state index contributed by atoms with van der Waals surface area (Å²) in [7, 11) is 1.74. The number of fused-ring (bicyclic) bond motifs is 4. The zero-order valence-corrected chi connectivity index (χ0v) is 22.4. The van der Waals surface area contributed by atoms with Crippen molar-refractivity contribution in [3.63, 3.8) is 0 Å². The molecule has 39 heavy (non-hydrogen) atoms. The second-order valence-electron chi connectivity index (χ2n) is 9.55. The number of benzene rings is 2. The summed E-state index contributed by atoms with van der Waals surface area (Å²) in [5, 5.41) is 3.66. The number of hydrogen-bond donors (Lipinski definition) is 1. The van der Waals surface area contributed by atoms with Gasteiger partial charge in [0.05, 0.1) is 28.8 Å². The largest absolute Gasteiger partial charge is 0.487 e. The number of thioether (sulfide) groups is 1. The fraction of sp³-hybridized carbons (Fsp3) is 0.259. The number of aromatic nitrogens is 3. The molecule has 12 heteroatoms. The molecule has 200 valence electrons. The van der Waals surface area contributed by atoms with Gasteiger partial charge in [0, 0.05) is 59.0 Å². The summed E-state index contributed by atoms with van der Waals surface area (Å²) in [4.78, 5) is 37.1. The summed E-state index contributed by atoms with van der Waals surface area (Å²) >= 11 is 6.48. The maximum Gasteiger partial charge on any atom is 0.487 e. The SMILES string of the molecule is C[C@@H]1CCSc2nc3cc(C(=O)Nc4ccc(OC(F)(F)Cl)cc4)cc(-c4cnc5c(c4)C(=O)N(C)C5)c3n21. The van der Waals surface area contributed by atoms with Crippen LogP contribution in [-0.2, 0) is 6.54 Å². The van der Waals surface area contributed by atoms with E-state index in [1.807, 2.05) is 6.07 Å². The highest BCUT2D eigenvalue weighted by atomic mass is 35.5. The van der Waals surface area contributed by atoms with Gasteiger partial charge in [-0.3, -0.25) is 14.6 Å². The average molecular weight is 570 g/mol. The number of carbonyl (C=O) groups is 2. The first kappa shape index (κ1) is 25.6. The molecule has 0 radical (unpaired) electrons. The van der Waals surface area contributed by atoms with E-state index >= 15 is 0 Å². The van der Waals surface area contributed by atoms with E-state index < -0.39 is 11.5 Å². The third-order valence-electron chi connectivity index (χ3n) is 6.81. The Balaban J connectivity index is 1.41. The molecular formula is C27H22ClF2N5O3S. The molecule has 0 spiro atoms. The highest BCUT2D eigenvalue weighted by Gasteiger charge is 2.29. The number of nitrogens with one attached hydrogen (secondary N) is 1. The highest BCUT2D eigenvalue weighted by molar-refractivity contribution is 7.99. The smallest absolute Gasteiger partial charge is 0.420 e. The number of nitrogens with zero attached hydrogens (tertiary/aromatic N) is 4. The van der Waals surface area contributed by atoms with Crippen molar-refractivity contribution >= 4 is 51.9 Å². The first-order valence-electron chi connectivity index (χ1n) is 12.2. The fourth-order valence-electron chi connectivity index (χ4n) is 4.92. The van der Waals surface area contributed by atoms with Crippen LogP contribution in [0.1, 0.15) is 45.8 Å². The van der Waals surface area contributed by atoms with Crippen LogP contribution in [-0.4, -0.2) is 49.6 Å². The molecule has 8 nitrogen and oxygen atoms in total. The molecule has 0 bridgehead atoms. The van der Waals surface area contributed by atoms with Gasteiger partial charge in [-0.25, -0.2) is 4.98 Å². The minimum atomic E-state index is -3.83. The van der Waals surface area contributed by atoms with Crippen molar-refractivity contribution in [2.75, 3.05) is 18.1 Å². The predicted molar refractivity (Wildman–Crippen MR) is 145 cm³/mol. The van der Waals surface area contributed by atoms with E-state index in [2.05, 4.69) is 26.5 Å². The molecule has 2 aromatic heterocycles. The lowest BCUT2D eigenvalue weighted by Gasteiger charge is -2.23. The summed E-state index contributed by atoms with van der Waals surface area (Å²) in [6.45, 7) is 2.59. The summed E-state index contributed by atoms with van der Waals surface area (Å²) in [5.74, 6) is 0.300. The number of hydrogen-bond acceptors (Lipinski definition) is 6. The Hall–Kier alpha value is -3.70. The lowest BCUT2D eigenvalue weighted by molar-refractivity contribution is -0.0964. The van der Waals surface area contributed by atoms with Gasteiger partial charge in [-0.2, -0.15) is 0 Å². The van der Waals surface area contributed by atoms with Crippen LogP contribution in [0.3, 0.4) is 0 Å². The number of halogens is 3. The van der Waals surface area contributed by atoms with Crippen LogP contribution in [0, 0.1) is 0 Å². The molecule has 0 saturated carbocycles. The van der Waals surface area contributed by atoms with Crippen LogP contribution < -0.4 is 10.1 Å². The van der Waals surface area contributed by atoms with Gasteiger partial charge in [0.15, 0.2) is 5.16 Å². The average Bonchev–Trinajstić information content (AvgIpc) is 3.41. The summed E-state index contributed by atoms with van der Waals surface area (Å²) < 4.78 is 32.3. The Labute approximate surface area is 231 Å². The van der Waals surface area contributed by atoms with Gasteiger partial charge in [-0.1, -0.05) is 11.8 Å². The van der Waals surface area contributed by atoms with Gasteiger partial charge >= 0.3 is 5.57 Å². The van der Waals surface area contributed by atoms with E-state index in [-0.39, 0.29) is 17.7 Å². The fourth-order valence-corrected chi connectivity index (χ4v) is 6.22. The molecule has 0 fully saturated rings. The van der Waals surface area contributed by atoms with Crippen LogP contribution in [0.2, 0.25) is 0 Å². The Morgan fingerprint density at radius 3 is 2.72 bits per heavy atom. The van der Waals surface area contributed by atoms with Crippen LogP contribution in [0.4, 0.5) is 14.5 Å². The Morgan fingerprint density at radius 2 is 1.97 bits per heavy atom. The summed E-state index contributed by atoms with van der Waals surface area (Å²) in [6.07, 6.45) is 2.71. The van der Waals surface area contributed by atoms with Gasteiger partial charge in [0.25, 0.3) is 11.8 Å². The molecule has 0 saturated heterocycles. The molecule has 0 aliphatic carbocycles. The van der Waals surface area contributed by atoms with E-state index in [0.29, 0.717) is 34.4 Å². The van der Waals surface area contributed by atoms with Crippen LogP contribution >= 0.6 is 23.4 Å². The van der Waals surface area contributed by atoms with Gasteiger partial charge < -0.3 is 19.5 Å². The summed E-state index contributed by atoms with van der Waals surface area (Å²) in [6, 6.07) is 11.0. The van der Waals surface area contributed by atoms with Crippen molar-refractivity contribution in [1.82, 2.24) is 19.4 Å². The van der Waals surface area contributed by atoms with Gasteiger partial charge in [-0.15, -0.1) is 8.78 Å². The van der Waals surface area contributed by atoms with Gasteiger partial charge in [0.1, 0.15) is 5.75 Å². The maximum absolute atomic E-state index is 13.3. The van der Waals surface area contributed by atoms with E-state index in [1.165, 1.54) is 24.3 Å². The second-order valence-corrected chi connectivity index (χ2v) is 11.0. The molecule has 6 rings (SSSR count). The van der Waals surface area contributed by atoms with E-state index in [4.69, 9.17) is 16.6 Å². The lowest BCUT2D eigenvalue weighted by Crippen LogP contribution is -2.17. The van der Waals surface area contributed by atoms with Crippen molar-refractivity contribution < 1.29 is 23.1 Å². The van der Waals surface area contributed by atoms with Crippen molar-refractivity contribution in [3.8, 4) is 16.9 Å². The second kappa shape index (κ2) is 9.49. The predicted octanol–water partition coefficient (Wildman–Crippen LogP) is 6.16. The number of imidazole rings is 1. The quantitative estimate of drug-likeness (QED) is 0.290. The number of carbonyl (C=O) groups excluding carboxylic acids is 2. The van der Waals surface area contributed by atoms with Crippen LogP contribution in [0.25, 0.3) is 22.2 Å². The number of anilines is 1. The Morgan fingerprint density at radius 1 is 1.21 bits per heavy atom.